The zero-order valence-corrected chi connectivity index (χ0v) is 16.2. The van der Waals surface area contributed by atoms with Gasteiger partial charge in [-0.2, -0.15) is 0 Å². The summed E-state index contributed by atoms with van der Waals surface area (Å²) >= 11 is 0. The Labute approximate surface area is 171 Å². The molecular weight excluding hydrogens is 404 g/mol. The van der Waals surface area contributed by atoms with Gasteiger partial charge in [0.15, 0.2) is 5.96 Å². The van der Waals surface area contributed by atoms with Crippen LogP contribution in [0, 0.1) is 0 Å². The SMILES string of the molecule is NCC(=O)NC(CO)C(=O)NC(CC(N)=O)C(=O)NC(CCCN=C(N)N)C(=O)O. The van der Waals surface area contributed by atoms with Crippen molar-refractivity contribution in [2.45, 2.75) is 37.4 Å². The highest BCUT2D eigenvalue weighted by molar-refractivity contribution is 5.95. The number of hydrogen-bond donors (Lipinski definition) is 9. The van der Waals surface area contributed by atoms with E-state index in [0.717, 1.165) is 0 Å². The maximum atomic E-state index is 12.4. The van der Waals surface area contributed by atoms with E-state index in [1.807, 2.05) is 0 Å². The quantitative estimate of drug-likeness (QED) is 0.0712. The summed E-state index contributed by atoms with van der Waals surface area (Å²) in [6, 6.07) is -4.35. The molecule has 4 amide bonds. The average molecular weight is 432 g/mol. The molecular formula is C15H28N8O7. The van der Waals surface area contributed by atoms with Crippen LogP contribution in [0.15, 0.2) is 4.99 Å². The van der Waals surface area contributed by atoms with E-state index >= 15 is 0 Å². The Balaban J connectivity index is 5.15. The van der Waals surface area contributed by atoms with Crippen molar-refractivity contribution in [2.75, 3.05) is 19.7 Å². The molecule has 0 aliphatic carbocycles. The van der Waals surface area contributed by atoms with Crippen LogP contribution in [0.5, 0.6) is 0 Å². The lowest BCUT2D eigenvalue weighted by Gasteiger charge is -2.23. The zero-order chi connectivity index (χ0) is 23.3. The first-order chi connectivity index (χ1) is 14.0. The molecule has 0 fully saturated rings. The Morgan fingerprint density at radius 2 is 1.47 bits per heavy atom. The van der Waals surface area contributed by atoms with Crippen LogP contribution in [0.2, 0.25) is 0 Å². The number of carboxylic acids is 1. The number of nitrogens with zero attached hydrogens (tertiary/aromatic N) is 1. The molecule has 0 aliphatic rings. The predicted molar refractivity (Wildman–Crippen MR) is 103 cm³/mol. The molecule has 15 nitrogen and oxygen atoms in total. The van der Waals surface area contributed by atoms with Crippen LogP contribution in [0.3, 0.4) is 0 Å². The number of aliphatic hydroxyl groups excluding tert-OH is 1. The number of aliphatic carboxylic acids is 1. The Kier molecular flexibility index (Phi) is 12.1. The second-order valence-electron chi connectivity index (χ2n) is 6.09. The molecule has 0 rings (SSSR count). The molecule has 0 aliphatic heterocycles. The highest BCUT2D eigenvalue weighted by Gasteiger charge is 2.30. The molecule has 0 aromatic rings. The fourth-order valence-electron chi connectivity index (χ4n) is 2.16. The van der Waals surface area contributed by atoms with Gasteiger partial charge < -0.3 is 49.1 Å². The van der Waals surface area contributed by atoms with E-state index in [0.29, 0.717) is 0 Å². The summed E-state index contributed by atoms with van der Waals surface area (Å²) in [6.07, 6.45) is -0.471. The summed E-state index contributed by atoms with van der Waals surface area (Å²) < 4.78 is 0. The molecule has 0 aromatic heterocycles. The third-order valence-electron chi connectivity index (χ3n) is 3.62. The molecule has 0 aromatic carbocycles. The number of carbonyl (C=O) groups excluding carboxylic acids is 4. The van der Waals surface area contributed by atoms with E-state index in [2.05, 4.69) is 20.9 Å². The number of rotatable bonds is 14. The van der Waals surface area contributed by atoms with Crippen LogP contribution in [0.1, 0.15) is 19.3 Å². The Morgan fingerprint density at radius 3 is 1.93 bits per heavy atom. The largest absolute Gasteiger partial charge is 0.480 e. The van der Waals surface area contributed by atoms with Crippen molar-refractivity contribution in [3.8, 4) is 0 Å². The number of hydrogen-bond acceptors (Lipinski definition) is 8. The standard InChI is InChI=1S/C15H28N8O7/c16-5-11(26)21-9(6-24)13(28)23-8(4-10(17)25)12(27)22-7(14(29)30)2-1-3-20-15(18)19/h7-9,24H,1-6,16H2,(H2,17,25)(H,21,26)(H,22,27)(H,23,28)(H,29,30)(H4,18,19,20). The topological polar surface area (TPSA) is 278 Å². The van der Waals surface area contributed by atoms with Gasteiger partial charge in [-0.05, 0) is 12.8 Å². The normalized spacial score (nSPS) is 13.3. The van der Waals surface area contributed by atoms with Crippen molar-refractivity contribution < 1.29 is 34.2 Å². The van der Waals surface area contributed by atoms with E-state index in [1.165, 1.54) is 0 Å². The third-order valence-corrected chi connectivity index (χ3v) is 3.62. The molecule has 170 valence electrons. The molecule has 15 heteroatoms. The first-order valence-electron chi connectivity index (χ1n) is 8.79. The number of primary amides is 1. The lowest BCUT2D eigenvalue weighted by Crippen LogP contribution is -2.57. The minimum Gasteiger partial charge on any atom is -0.480 e. The van der Waals surface area contributed by atoms with Gasteiger partial charge in [0.25, 0.3) is 0 Å². The highest BCUT2D eigenvalue weighted by Crippen LogP contribution is 2.02. The van der Waals surface area contributed by atoms with Crippen molar-refractivity contribution in [1.29, 1.82) is 0 Å². The number of aliphatic imine (C=N–C) groups is 1. The van der Waals surface area contributed by atoms with E-state index in [9.17, 15) is 34.2 Å². The summed E-state index contributed by atoms with van der Waals surface area (Å²) in [5.41, 5.74) is 20.5. The number of nitrogens with one attached hydrogen (secondary N) is 3. The van der Waals surface area contributed by atoms with Crippen molar-refractivity contribution in [1.82, 2.24) is 16.0 Å². The maximum Gasteiger partial charge on any atom is 0.326 e. The molecule has 3 atom stereocenters. The third kappa shape index (κ3) is 10.8. The van der Waals surface area contributed by atoms with E-state index < -0.39 is 67.3 Å². The van der Waals surface area contributed by atoms with Crippen molar-refractivity contribution in [3.63, 3.8) is 0 Å². The van der Waals surface area contributed by atoms with E-state index in [4.69, 9.17) is 22.9 Å². The van der Waals surface area contributed by atoms with Gasteiger partial charge in [0.2, 0.25) is 23.6 Å². The Hall–Kier alpha value is -3.46. The minimum atomic E-state index is -1.54. The summed E-state index contributed by atoms with van der Waals surface area (Å²) in [4.78, 5) is 62.2. The maximum absolute atomic E-state index is 12.4. The second kappa shape index (κ2) is 13.7. The highest BCUT2D eigenvalue weighted by atomic mass is 16.4. The average Bonchev–Trinajstić information content (AvgIpc) is 2.66. The summed E-state index contributed by atoms with van der Waals surface area (Å²) in [5, 5.41) is 24.9. The monoisotopic (exact) mass is 432 g/mol. The number of guanidine groups is 1. The van der Waals surface area contributed by atoms with Crippen molar-refractivity contribution >= 4 is 35.6 Å². The van der Waals surface area contributed by atoms with Gasteiger partial charge in [0, 0.05) is 6.54 Å². The summed E-state index contributed by atoms with van der Waals surface area (Å²) in [6.45, 7) is -1.14. The summed E-state index contributed by atoms with van der Waals surface area (Å²) in [5.74, 6) is -5.23. The fraction of sp³-hybridized carbons (Fsp3) is 0.600. The minimum absolute atomic E-state index is 0.0408. The van der Waals surface area contributed by atoms with Gasteiger partial charge in [-0.15, -0.1) is 0 Å². The van der Waals surface area contributed by atoms with E-state index in [-0.39, 0.29) is 25.3 Å². The van der Waals surface area contributed by atoms with Gasteiger partial charge in [-0.1, -0.05) is 0 Å². The fourth-order valence-corrected chi connectivity index (χ4v) is 2.16. The van der Waals surface area contributed by atoms with Crippen LogP contribution in [-0.2, 0) is 24.0 Å². The first-order valence-corrected chi connectivity index (χ1v) is 8.79. The summed E-state index contributed by atoms with van der Waals surface area (Å²) in [7, 11) is 0. The van der Waals surface area contributed by atoms with Crippen LogP contribution >= 0.6 is 0 Å². The number of carbonyl (C=O) groups is 5. The Morgan fingerprint density at radius 1 is 0.900 bits per heavy atom. The lowest BCUT2D eigenvalue weighted by atomic mass is 10.1. The van der Waals surface area contributed by atoms with Gasteiger partial charge >= 0.3 is 5.97 Å². The van der Waals surface area contributed by atoms with Crippen LogP contribution in [-0.4, -0.2) is 83.6 Å². The molecule has 0 saturated carbocycles. The van der Waals surface area contributed by atoms with Gasteiger partial charge in [-0.25, -0.2) is 4.79 Å². The molecule has 30 heavy (non-hydrogen) atoms. The second-order valence-corrected chi connectivity index (χ2v) is 6.09. The van der Waals surface area contributed by atoms with Gasteiger partial charge in [-0.3, -0.25) is 24.2 Å². The molecule has 0 spiro atoms. The van der Waals surface area contributed by atoms with Gasteiger partial charge in [0.05, 0.1) is 19.6 Å². The van der Waals surface area contributed by atoms with Crippen LogP contribution in [0.4, 0.5) is 0 Å². The zero-order valence-electron chi connectivity index (χ0n) is 16.2. The number of amides is 4. The molecule has 3 unspecified atom stereocenters. The number of aliphatic hydroxyl groups is 1. The number of carboxylic acid groups (broad SMARTS) is 1. The van der Waals surface area contributed by atoms with E-state index in [1.54, 1.807) is 0 Å². The molecule has 13 N–H and O–H groups in total. The van der Waals surface area contributed by atoms with Crippen LogP contribution < -0.4 is 38.9 Å². The molecule has 0 radical (unpaired) electrons. The molecule has 0 heterocycles. The molecule has 0 saturated heterocycles. The van der Waals surface area contributed by atoms with Crippen molar-refractivity contribution in [2.24, 2.45) is 27.9 Å². The molecule has 0 bridgehead atoms. The van der Waals surface area contributed by atoms with Gasteiger partial charge in [0.1, 0.15) is 18.1 Å². The first kappa shape index (κ1) is 26.5. The Bertz CT molecular complexity index is 665. The lowest BCUT2D eigenvalue weighted by molar-refractivity contribution is -0.142. The smallest absolute Gasteiger partial charge is 0.326 e. The number of nitrogens with two attached hydrogens (primary N) is 4. The van der Waals surface area contributed by atoms with Crippen molar-refractivity contribution in [3.05, 3.63) is 0 Å². The van der Waals surface area contributed by atoms with Crippen LogP contribution in [0.25, 0.3) is 0 Å². The predicted octanol–water partition coefficient (Wildman–Crippen LogP) is -5.59.